The Balaban J connectivity index is 1.11. The number of urea groups is 2. The van der Waals surface area contributed by atoms with Crippen LogP contribution in [0.2, 0.25) is 0 Å². The fourth-order valence-corrected chi connectivity index (χ4v) is 10.3. The molecule has 4 aromatic carbocycles. The lowest BCUT2D eigenvalue weighted by Crippen LogP contribution is -2.39. The van der Waals surface area contributed by atoms with Crippen molar-refractivity contribution in [3.05, 3.63) is 154 Å². The number of fused-ring (bicyclic) bond motifs is 6. The lowest BCUT2D eigenvalue weighted by atomic mass is 9.78. The van der Waals surface area contributed by atoms with Crippen LogP contribution < -0.4 is 26.2 Å². The van der Waals surface area contributed by atoms with Gasteiger partial charge in [-0.05, 0) is 110 Å². The molecular formula is C58H68ClN6O6+. The summed E-state index contributed by atoms with van der Waals surface area (Å²) in [5.74, 6) is -0.962. The summed E-state index contributed by atoms with van der Waals surface area (Å²) in [6.07, 6.45) is 13.0. The normalized spacial score (nSPS) is 16.9. The quantitative estimate of drug-likeness (QED) is 0.0317. The zero-order valence-corrected chi connectivity index (χ0v) is 42.8. The Morgan fingerprint density at radius 1 is 0.690 bits per heavy atom. The first-order valence-electron chi connectivity index (χ1n) is 24.6. The molecule has 3 aliphatic rings. The van der Waals surface area contributed by atoms with Gasteiger partial charge in [0.15, 0.2) is 12.3 Å². The monoisotopic (exact) mass is 979 g/mol. The van der Waals surface area contributed by atoms with Crippen LogP contribution in [0.4, 0.5) is 21.0 Å². The van der Waals surface area contributed by atoms with Crippen molar-refractivity contribution in [2.75, 3.05) is 57.4 Å². The first kappa shape index (κ1) is 51.9. The molecule has 0 spiro atoms. The number of rotatable bonds is 19. The Kier molecular flexibility index (Phi) is 16.7. The van der Waals surface area contributed by atoms with E-state index in [1.807, 2.05) is 0 Å². The highest BCUT2D eigenvalue weighted by molar-refractivity contribution is 6.32. The molecular weight excluding hydrogens is 912 g/mol. The Labute approximate surface area is 423 Å². The topological polar surface area (TPSA) is 141 Å². The van der Waals surface area contributed by atoms with E-state index >= 15 is 0 Å². The standard InChI is InChI=1S/C58H67ClN6O6/c1-38(2)53(66)70-36-32-62-55(68)60-30-14-34-64-46-26-22-40-16-9-11-20-44(40)50(46)57(5,6)48(64)28-24-42-18-13-19-43(52(42)59)25-29-49-58(7,8)51-45-21-12-10-17-41(45)23-27-47(51)65(49)35-15-31-61-56(69)63-33-37-71-54(67)39(3)4/h9-12,16-17,20-29H,1,3,13-15,18-19,30-37H2,2,4-8H3,(H3-,60,61,62,63,68,69)/p+1. The number of amides is 4. The number of carbonyl (C=O) groups excluding carboxylic acids is 4. The van der Waals surface area contributed by atoms with Crippen molar-refractivity contribution in [3.63, 3.8) is 0 Å². The molecule has 0 saturated heterocycles. The number of allylic oxidation sites excluding steroid dienone is 8. The van der Waals surface area contributed by atoms with Gasteiger partial charge in [0.2, 0.25) is 5.69 Å². The molecule has 0 saturated carbocycles. The van der Waals surface area contributed by atoms with Crippen molar-refractivity contribution < 1.29 is 33.2 Å². The van der Waals surface area contributed by atoms with Gasteiger partial charge in [0.25, 0.3) is 0 Å². The third-order valence-corrected chi connectivity index (χ3v) is 14.0. The minimum Gasteiger partial charge on any atom is -0.460 e. The van der Waals surface area contributed by atoms with Gasteiger partial charge in [-0.2, -0.15) is 4.58 Å². The third kappa shape index (κ3) is 11.8. The van der Waals surface area contributed by atoms with Crippen molar-refractivity contribution in [1.82, 2.24) is 21.3 Å². The summed E-state index contributed by atoms with van der Waals surface area (Å²) >= 11 is 7.43. The zero-order valence-electron chi connectivity index (χ0n) is 42.1. The molecule has 0 aromatic heterocycles. The highest BCUT2D eigenvalue weighted by Gasteiger charge is 2.45. The van der Waals surface area contributed by atoms with Crippen LogP contribution in [0.25, 0.3) is 21.5 Å². The van der Waals surface area contributed by atoms with Crippen LogP contribution in [0, 0.1) is 0 Å². The zero-order chi connectivity index (χ0) is 50.9. The van der Waals surface area contributed by atoms with Crippen molar-refractivity contribution in [1.29, 1.82) is 0 Å². The highest BCUT2D eigenvalue weighted by Crippen LogP contribution is 2.51. The predicted octanol–water partition coefficient (Wildman–Crippen LogP) is 10.8. The number of anilines is 1. The summed E-state index contributed by atoms with van der Waals surface area (Å²) in [6, 6.07) is 25.2. The number of nitrogens with zero attached hydrogens (tertiary/aromatic N) is 2. The van der Waals surface area contributed by atoms with Gasteiger partial charge in [-0.1, -0.05) is 105 Å². The van der Waals surface area contributed by atoms with E-state index in [-0.39, 0.29) is 49.2 Å². The second-order valence-corrected chi connectivity index (χ2v) is 19.9. The molecule has 12 nitrogen and oxygen atoms in total. The predicted molar refractivity (Wildman–Crippen MR) is 287 cm³/mol. The van der Waals surface area contributed by atoms with Gasteiger partial charge in [-0.3, -0.25) is 0 Å². The third-order valence-electron chi connectivity index (χ3n) is 13.5. The van der Waals surface area contributed by atoms with Crippen LogP contribution in [0.1, 0.15) is 84.8 Å². The Bertz CT molecular complexity index is 2920. The molecule has 0 radical (unpaired) electrons. The maximum Gasteiger partial charge on any atom is 0.333 e. The van der Waals surface area contributed by atoms with Gasteiger partial charge < -0.3 is 35.6 Å². The number of hydrogen-bond donors (Lipinski definition) is 4. The van der Waals surface area contributed by atoms with Gasteiger partial charge in [0.1, 0.15) is 13.2 Å². The lowest BCUT2D eigenvalue weighted by Gasteiger charge is -2.27. The van der Waals surface area contributed by atoms with Crippen LogP contribution in [0.3, 0.4) is 0 Å². The number of halogens is 1. The van der Waals surface area contributed by atoms with E-state index in [2.05, 4.69) is 169 Å². The molecule has 13 heteroatoms. The first-order valence-corrected chi connectivity index (χ1v) is 25.0. The smallest absolute Gasteiger partial charge is 0.333 e. The minimum atomic E-state index is -0.481. The van der Waals surface area contributed by atoms with Crippen LogP contribution in [0.15, 0.2) is 143 Å². The van der Waals surface area contributed by atoms with E-state index in [1.165, 1.54) is 32.7 Å². The van der Waals surface area contributed by atoms with Crippen molar-refractivity contribution in [2.45, 2.75) is 84.5 Å². The van der Waals surface area contributed by atoms with Gasteiger partial charge in [-0.15, -0.1) is 0 Å². The molecule has 7 rings (SSSR count). The number of hydrogen-bond acceptors (Lipinski definition) is 7. The SMILES string of the molecule is C=C(C)C(=O)OCCNC(=O)NCCCN1C(=CC=C2CCCC(C=CC3=[N+](CCCNC(=O)NCCOC(=O)C(=C)C)c4ccc5ccccc5c4C3(C)C)=C2Cl)C(C)(C)c2c1ccc1ccccc21. The average Bonchev–Trinajstić information content (AvgIpc) is 3.71. The lowest BCUT2D eigenvalue weighted by molar-refractivity contribution is -0.437. The van der Waals surface area contributed by atoms with Crippen molar-refractivity contribution >= 4 is 74.2 Å². The van der Waals surface area contributed by atoms with E-state index in [1.54, 1.807) is 13.8 Å². The fraction of sp³-hybridized carbons (Fsp3) is 0.362. The number of benzene rings is 4. The molecule has 2 heterocycles. The van der Waals surface area contributed by atoms with Crippen molar-refractivity contribution in [2.24, 2.45) is 0 Å². The minimum absolute atomic E-state index is 0.0696. The van der Waals surface area contributed by atoms with Crippen LogP contribution in [-0.4, -0.2) is 86.8 Å². The Morgan fingerprint density at radius 2 is 1.25 bits per heavy atom. The summed E-state index contributed by atoms with van der Waals surface area (Å²) < 4.78 is 12.6. The van der Waals surface area contributed by atoms with E-state index in [0.29, 0.717) is 50.2 Å². The largest absolute Gasteiger partial charge is 0.460 e. The molecule has 4 aromatic rings. The van der Waals surface area contributed by atoms with E-state index < -0.39 is 11.9 Å². The number of esters is 2. The van der Waals surface area contributed by atoms with Crippen LogP contribution in [-0.2, 0) is 29.9 Å². The number of ether oxygens (including phenoxy) is 2. The molecule has 0 fully saturated rings. The number of carbonyl (C=O) groups is 4. The van der Waals surface area contributed by atoms with E-state index in [9.17, 15) is 19.2 Å². The van der Waals surface area contributed by atoms with Gasteiger partial charge in [-0.25, -0.2) is 19.2 Å². The van der Waals surface area contributed by atoms with Gasteiger partial charge in [0, 0.05) is 76.7 Å². The molecule has 0 bridgehead atoms. The fourth-order valence-electron chi connectivity index (χ4n) is 9.99. The highest BCUT2D eigenvalue weighted by atomic mass is 35.5. The summed E-state index contributed by atoms with van der Waals surface area (Å²) in [6.45, 7) is 22.3. The van der Waals surface area contributed by atoms with Gasteiger partial charge >= 0.3 is 24.0 Å². The summed E-state index contributed by atoms with van der Waals surface area (Å²) in [5.41, 5.74) is 9.33. The number of nitrogens with one attached hydrogen (secondary N) is 4. The summed E-state index contributed by atoms with van der Waals surface area (Å²) in [5, 5.41) is 17.0. The van der Waals surface area contributed by atoms with E-state index in [0.717, 1.165) is 58.2 Å². The van der Waals surface area contributed by atoms with Gasteiger partial charge in [0.05, 0.1) is 18.5 Å². The molecule has 0 atom stereocenters. The maximum atomic E-state index is 12.6. The Hall–Kier alpha value is -6.92. The Morgan fingerprint density at radius 3 is 1.87 bits per heavy atom. The second kappa shape index (κ2) is 22.9. The van der Waals surface area contributed by atoms with E-state index in [4.69, 9.17) is 21.1 Å². The molecule has 1 aliphatic carbocycles. The van der Waals surface area contributed by atoms with Crippen LogP contribution >= 0.6 is 11.6 Å². The summed E-state index contributed by atoms with van der Waals surface area (Å²) in [4.78, 5) is 51.0. The maximum absolute atomic E-state index is 12.6. The first-order chi connectivity index (χ1) is 34.0. The molecule has 71 heavy (non-hydrogen) atoms. The average molecular weight is 981 g/mol. The molecule has 0 unspecified atom stereocenters. The van der Waals surface area contributed by atoms with Crippen molar-refractivity contribution in [3.8, 4) is 0 Å². The second-order valence-electron chi connectivity index (χ2n) is 19.5. The molecule has 2 aliphatic heterocycles. The van der Waals surface area contributed by atoms with Crippen LogP contribution in [0.5, 0.6) is 0 Å². The molecule has 372 valence electrons. The molecule has 4 amide bonds. The molecule has 4 N–H and O–H groups in total. The summed E-state index contributed by atoms with van der Waals surface area (Å²) in [7, 11) is 0.